The second-order valence-corrected chi connectivity index (χ2v) is 5.91. The van der Waals surface area contributed by atoms with Gasteiger partial charge in [-0.2, -0.15) is 0 Å². The molecule has 144 valence electrons. The van der Waals surface area contributed by atoms with E-state index < -0.39 is 17.7 Å². The lowest BCUT2D eigenvalue weighted by Gasteiger charge is -2.09. The van der Waals surface area contributed by atoms with Crippen molar-refractivity contribution < 1.29 is 23.9 Å². The average molecular weight is 372 g/mol. The predicted octanol–water partition coefficient (Wildman–Crippen LogP) is 2.88. The summed E-state index contributed by atoms with van der Waals surface area (Å²) in [5.74, 6) is -1.36. The monoisotopic (exact) mass is 372 g/mol. The molecule has 0 bridgehead atoms. The van der Waals surface area contributed by atoms with E-state index in [2.05, 4.69) is 10.3 Å². The standard InChI is InChI=1S/C20H24N2O5/c1-5-11-21-19(24)18(23)17-16(13-7-9-14(26-4)10-8-13)15(12(3)22-17)20(25)27-6-2/h7-10,22H,5-6,11H2,1-4H3,(H,21,24). The van der Waals surface area contributed by atoms with E-state index in [0.29, 0.717) is 35.5 Å². The van der Waals surface area contributed by atoms with Gasteiger partial charge in [-0.1, -0.05) is 19.1 Å². The normalized spacial score (nSPS) is 10.4. The van der Waals surface area contributed by atoms with Gasteiger partial charge in [0.05, 0.1) is 19.3 Å². The highest BCUT2D eigenvalue weighted by Gasteiger charge is 2.29. The van der Waals surface area contributed by atoms with Crippen LogP contribution < -0.4 is 10.1 Å². The van der Waals surface area contributed by atoms with Crippen LogP contribution in [0.3, 0.4) is 0 Å². The van der Waals surface area contributed by atoms with Crippen molar-refractivity contribution in [1.29, 1.82) is 0 Å². The van der Waals surface area contributed by atoms with Crippen LogP contribution in [0.1, 0.15) is 46.8 Å². The van der Waals surface area contributed by atoms with Gasteiger partial charge in [0.2, 0.25) is 0 Å². The number of aromatic amines is 1. The van der Waals surface area contributed by atoms with Gasteiger partial charge in [-0.25, -0.2) is 4.79 Å². The van der Waals surface area contributed by atoms with Gasteiger partial charge in [-0.15, -0.1) is 0 Å². The van der Waals surface area contributed by atoms with E-state index in [1.807, 2.05) is 6.92 Å². The maximum absolute atomic E-state index is 12.7. The second-order valence-electron chi connectivity index (χ2n) is 5.91. The van der Waals surface area contributed by atoms with E-state index in [0.717, 1.165) is 0 Å². The Kier molecular flexibility index (Phi) is 6.76. The number of carbonyl (C=O) groups excluding carboxylic acids is 3. The molecule has 2 aromatic rings. The Bertz CT molecular complexity index is 837. The first-order valence-corrected chi connectivity index (χ1v) is 8.81. The van der Waals surface area contributed by atoms with E-state index >= 15 is 0 Å². The zero-order valence-corrected chi connectivity index (χ0v) is 16.0. The highest BCUT2D eigenvalue weighted by atomic mass is 16.5. The molecule has 1 aromatic carbocycles. The molecule has 0 saturated heterocycles. The second kappa shape index (κ2) is 9.02. The summed E-state index contributed by atoms with van der Waals surface area (Å²) in [4.78, 5) is 40.3. The van der Waals surface area contributed by atoms with Gasteiger partial charge in [0.15, 0.2) is 0 Å². The number of rotatable bonds is 8. The van der Waals surface area contributed by atoms with Crippen molar-refractivity contribution in [3.8, 4) is 16.9 Å². The maximum atomic E-state index is 12.7. The lowest BCUT2D eigenvalue weighted by molar-refractivity contribution is -0.117. The van der Waals surface area contributed by atoms with Crippen LogP contribution in [0.25, 0.3) is 11.1 Å². The number of aromatic nitrogens is 1. The minimum Gasteiger partial charge on any atom is -0.497 e. The first kappa shape index (κ1) is 20.2. The van der Waals surface area contributed by atoms with Crippen molar-refractivity contribution in [3.63, 3.8) is 0 Å². The molecule has 0 aliphatic rings. The first-order chi connectivity index (χ1) is 12.9. The highest BCUT2D eigenvalue weighted by Crippen LogP contribution is 2.32. The molecule has 7 heteroatoms. The van der Waals surface area contributed by atoms with Crippen LogP contribution in [-0.2, 0) is 9.53 Å². The summed E-state index contributed by atoms with van der Waals surface area (Å²) in [5, 5.41) is 2.57. The molecule has 0 atom stereocenters. The molecule has 2 N–H and O–H groups in total. The third-order valence-corrected chi connectivity index (χ3v) is 4.01. The minimum atomic E-state index is -0.729. The van der Waals surface area contributed by atoms with Crippen LogP contribution in [0.4, 0.5) is 0 Å². The smallest absolute Gasteiger partial charge is 0.340 e. The summed E-state index contributed by atoms with van der Waals surface area (Å²) >= 11 is 0. The molecule has 0 saturated carbocycles. The molecule has 0 fully saturated rings. The first-order valence-electron chi connectivity index (χ1n) is 8.81. The SMILES string of the molecule is CCCNC(=O)C(=O)c1[nH]c(C)c(C(=O)OCC)c1-c1ccc(OC)cc1. The largest absolute Gasteiger partial charge is 0.497 e. The lowest BCUT2D eigenvalue weighted by Crippen LogP contribution is -2.32. The predicted molar refractivity (Wildman–Crippen MR) is 101 cm³/mol. The Morgan fingerprint density at radius 1 is 1.11 bits per heavy atom. The van der Waals surface area contributed by atoms with Crippen LogP contribution in [-0.4, -0.2) is 42.9 Å². The van der Waals surface area contributed by atoms with Crippen LogP contribution in [0.15, 0.2) is 24.3 Å². The number of benzene rings is 1. The molecule has 1 heterocycles. The van der Waals surface area contributed by atoms with Gasteiger partial charge in [-0.05, 0) is 38.0 Å². The van der Waals surface area contributed by atoms with Gasteiger partial charge < -0.3 is 19.8 Å². The number of H-pyrrole nitrogens is 1. The fraction of sp³-hybridized carbons (Fsp3) is 0.350. The molecule has 0 unspecified atom stereocenters. The zero-order valence-electron chi connectivity index (χ0n) is 16.0. The van der Waals surface area contributed by atoms with Crippen molar-refractivity contribution >= 4 is 17.7 Å². The van der Waals surface area contributed by atoms with Crippen molar-refractivity contribution in [2.75, 3.05) is 20.3 Å². The number of ether oxygens (including phenoxy) is 2. The minimum absolute atomic E-state index is 0.0642. The van der Waals surface area contributed by atoms with Crippen molar-refractivity contribution in [2.24, 2.45) is 0 Å². The van der Waals surface area contributed by atoms with Crippen molar-refractivity contribution in [1.82, 2.24) is 10.3 Å². The molecule has 0 aliphatic carbocycles. The molecule has 0 radical (unpaired) electrons. The average Bonchev–Trinajstić information content (AvgIpc) is 3.02. The summed E-state index contributed by atoms with van der Waals surface area (Å²) in [6.45, 7) is 5.86. The number of hydrogen-bond acceptors (Lipinski definition) is 5. The van der Waals surface area contributed by atoms with Crippen molar-refractivity contribution in [2.45, 2.75) is 27.2 Å². The van der Waals surface area contributed by atoms with Gasteiger partial charge in [-0.3, -0.25) is 9.59 Å². The lowest BCUT2D eigenvalue weighted by atomic mass is 9.98. The third-order valence-electron chi connectivity index (χ3n) is 4.01. The molecule has 1 amide bonds. The third kappa shape index (κ3) is 4.36. The van der Waals surface area contributed by atoms with Crippen LogP contribution in [0, 0.1) is 6.92 Å². The number of aryl methyl sites for hydroxylation is 1. The summed E-state index contributed by atoms with van der Waals surface area (Å²) in [7, 11) is 1.55. The summed E-state index contributed by atoms with van der Waals surface area (Å²) in [5.41, 5.74) is 1.73. The number of Topliss-reactive ketones (excluding diaryl/α,β-unsaturated/α-hetero) is 1. The Morgan fingerprint density at radius 2 is 1.78 bits per heavy atom. The number of ketones is 1. The van der Waals surface area contributed by atoms with E-state index in [9.17, 15) is 14.4 Å². The Morgan fingerprint density at radius 3 is 2.33 bits per heavy atom. The van der Waals surface area contributed by atoms with Gasteiger partial charge in [0, 0.05) is 17.8 Å². The van der Waals surface area contributed by atoms with Crippen molar-refractivity contribution in [3.05, 3.63) is 41.2 Å². The molecule has 7 nitrogen and oxygen atoms in total. The summed E-state index contributed by atoms with van der Waals surface area (Å²) in [6.07, 6.45) is 0.711. The number of hydrogen-bond donors (Lipinski definition) is 2. The topological polar surface area (TPSA) is 97.5 Å². The molecule has 27 heavy (non-hydrogen) atoms. The zero-order chi connectivity index (χ0) is 20.0. The molecule has 1 aromatic heterocycles. The molecular weight excluding hydrogens is 348 g/mol. The van der Waals surface area contributed by atoms with E-state index in [1.165, 1.54) is 0 Å². The maximum Gasteiger partial charge on any atom is 0.340 e. The van der Waals surface area contributed by atoms with Crippen LogP contribution in [0.2, 0.25) is 0 Å². The Hall–Kier alpha value is -3.09. The Balaban J connectivity index is 2.59. The fourth-order valence-corrected chi connectivity index (χ4v) is 2.73. The van der Waals surface area contributed by atoms with E-state index in [-0.39, 0.29) is 17.9 Å². The fourth-order valence-electron chi connectivity index (χ4n) is 2.73. The number of carbonyl (C=O) groups is 3. The van der Waals surface area contributed by atoms with Crippen LogP contribution >= 0.6 is 0 Å². The number of esters is 1. The van der Waals surface area contributed by atoms with Gasteiger partial charge >= 0.3 is 5.97 Å². The van der Waals surface area contributed by atoms with Gasteiger partial charge in [0.25, 0.3) is 11.7 Å². The number of nitrogens with one attached hydrogen (secondary N) is 2. The van der Waals surface area contributed by atoms with E-state index in [4.69, 9.17) is 9.47 Å². The number of methoxy groups -OCH3 is 1. The molecule has 0 aliphatic heterocycles. The van der Waals surface area contributed by atoms with E-state index in [1.54, 1.807) is 45.2 Å². The molecular formula is C20H24N2O5. The molecule has 0 spiro atoms. The van der Waals surface area contributed by atoms with Crippen LogP contribution in [0.5, 0.6) is 5.75 Å². The summed E-state index contributed by atoms with van der Waals surface area (Å²) in [6, 6.07) is 6.89. The summed E-state index contributed by atoms with van der Waals surface area (Å²) < 4.78 is 10.3. The quantitative estimate of drug-likeness (QED) is 0.422. The number of amides is 1. The molecule has 2 rings (SSSR count). The highest BCUT2D eigenvalue weighted by molar-refractivity contribution is 6.43. The Labute approximate surface area is 158 Å². The van der Waals surface area contributed by atoms with Gasteiger partial charge in [0.1, 0.15) is 11.4 Å².